The Morgan fingerprint density at radius 1 is 0.902 bits per heavy atom. The van der Waals surface area contributed by atoms with Gasteiger partial charge in [0, 0.05) is 52.5 Å². The lowest BCUT2D eigenvalue weighted by atomic mass is 9.84. The van der Waals surface area contributed by atoms with Crippen molar-refractivity contribution >= 4 is 23.4 Å². The minimum absolute atomic E-state index is 0.0111. The number of benzene rings is 1. The van der Waals surface area contributed by atoms with E-state index in [1.807, 2.05) is 76.8 Å². The maximum atomic E-state index is 14.2. The second kappa shape index (κ2) is 21.1. The van der Waals surface area contributed by atoms with Crippen LogP contribution in [0.15, 0.2) is 30.3 Å². The quantitative estimate of drug-likeness (QED) is 0.157. The molecule has 10 heteroatoms. The Labute approximate surface area is 308 Å². The number of nitrogens with one attached hydrogen (secondary N) is 1. The summed E-state index contributed by atoms with van der Waals surface area (Å²) in [6.07, 6.45) is 0.834. The third kappa shape index (κ3) is 11.7. The van der Waals surface area contributed by atoms with Gasteiger partial charge < -0.3 is 29.7 Å². The highest BCUT2D eigenvalue weighted by Crippen LogP contribution is 2.32. The molecule has 0 bridgehead atoms. The normalized spacial score (nSPS) is 20.3. The van der Waals surface area contributed by atoms with Gasteiger partial charge >= 0.3 is 0 Å². The van der Waals surface area contributed by atoms with Crippen LogP contribution in [0.2, 0.25) is 0 Å². The lowest BCUT2D eigenvalue weighted by Gasteiger charge is -2.41. The van der Waals surface area contributed by atoms with Gasteiger partial charge in [-0.2, -0.15) is 0 Å². The summed E-state index contributed by atoms with van der Waals surface area (Å²) in [5.74, 6) is -1.41. The van der Waals surface area contributed by atoms with Crippen LogP contribution in [-0.4, -0.2) is 103 Å². The summed E-state index contributed by atoms with van der Waals surface area (Å²) in [4.78, 5) is 58.7. The number of aliphatic hydroxyl groups excluding tert-OH is 1. The van der Waals surface area contributed by atoms with Gasteiger partial charge in [0.1, 0.15) is 5.78 Å². The van der Waals surface area contributed by atoms with Gasteiger partial charge in [0.25, 0.3) is 0 Å². The predicted octanol–water partition coefficient (Wildman–Crippen LogP) is 5.71. The first-order valence-corrected chi connectivity index (χ1v) is 19.1. The molecule has 1 aliphatic heterocycles. The molecule has 0 aromatic heterocycles. The molecule has 51 heavy (non-hydrogen) atoms. The molecule has 1 aromatic rings. The molecule has 2 amide bonds. The van der Waals surface area contributed by atoms with Crippen LogP contribution >= 0.6 is 0 Å². The van der Waals surface area contributed by atoms with Crippen LogP contribution in [0, 0.1) is 35.5 Å². The highest BCUT2D eigenvalue weighted by atomic mass is 16.5. The number of likely N-dealkylation sites (N-methyl/N-ethyl adjacent to an activating group) is 2. The molecule has 2 N–H and O–H groups in total. The zero-order valence-corrected chi connectivity index (χ0v) is 33.6. The molecule has 290 valence electrons. The number of Topliss-reactive ketones (excluding diaryl/α,β-unsaturated/α-hetero) is 2. The van der Waals surface area contributed by atoms with Crippen LogP contribution in [0.4, 0.5) is 0 Å². The molecule has 1 aliphatic rings. The fraction of sp³-hybridized carbons (Fsp3) is 0.756. The van der Waals surface area contributed by atoms with Crippen molar-refractivity contribution in [3.05, 3.63) is 35.9 Å². The molecular formula is C41H69N3O7. The second-order valence-corrected chi connectivity index (χ2v) is 15.6. The van der Waals surface area contributed by atoms with Gasteiger partial charge in [-0.05, 0) is 49.1 Å². The Kier molecular flexibility index (Phi) is 18.4. The van der Waals surface area contributed by atoms with Gasteiger partial charge in [-0.3, -0.25) is 19.2 Å². The number of carbonyl (C=O) groups is 4. The van der Waals surface area contributed by atoms with E-state index in [-0.39, 0.29) is 78.4 Å². The molecule has 0 spiro atoms. The third-order valence-corrected chi connectivity index (χ3v) is 11.4. The average Bonchev–Trinajstić information content (AvgIpc) is 3.59. The van der Waals surface area contributed by atoms with E-state index in [0.717, 1.165) is 18.4 Å². The smallest absolute Gasteiger partial charge is 0.226 e. The van der Waals surface area contributed by atoms with Crippen LogP contribution in [0.3, 0.4) is 0 Å². The summed E-state index contributed by atoms with van der Waals surface area (Å²) in [5, 5.41) is 14.0. The van der Waals surface area contributed by atoms with Crippen molar-refractivity contribution in [3.63, 3.8) is 0 Å². The molecule has 10 atom stereocenters. The molecule has 0 saturated carbocycles. The molecule has 0 aliphatic carbocycles. The van der Waals surface area contributed by atoms with Crippen LogP contribution in [0.1, 0.15) is 106 Å². The molecule has 10 nitrogen and oxygen atoms in total. The SMILES string of the molecule is CC[C@H](C)[C@@H]([C@@H](CC(=O)N1CCC[C@H]1[C@H](OC)[C@@H](C)C(=O)C[C@@H](C)[C@H](O)c1ccccc1)OC)N(C)C(=O)[C@@H](CC(=O)[C@@H](NC)C(C)C)C(C)C. The summed E-state index contributed by atoms with van der Waals surface area (Å²) >= 11 is 0. The number of hydrogen-bond donors (Lipinski definition) is 2. The molecule has 1 heterocycles. The maximum Gasteiger partial charge on any atom is 0.226 e. The number of methoxy groups -OCH3 is 2. The number of rotatable bonds is 22. The van der Waals surface area contributed by atoms with Crippen molar-refractivity contribution in [2.24, 2.45) is 35.5 Å². The minimum atomic E-state index is -0.760. The Balaban J connectivity index is 2.24. The summed E-state index contributed by atoms with van der Waals surface area (Å²) in [6, 6.07) is 8.35. The molecule has 2 rings (SSSR count). The van der Waals surface area contributed by atoms with E-state index in [1.54, 1.807) is 33.2 Å². The number of ether oxygens (including phenoxy) is 2. The van der Waals surface area contributed by atoms with E-state index in [9.17, 15) is 24.3 Å². The first-order valence-electron chi connectivity index (χ1n) is 19.1. The summed E-state index contributed by atoms with van der Waals surface area (Å²) in [7, 11) is 6.72. The monoisotopic (exact) mass is 716 g/mol. The van der Waals surface area contributed by atoms with E-state index < -0.39 is 36.2 Å². The number of ketones is 2. The first-order chi connectivity index (χ1) is 24.0. The van der Waals surface area contributed by atoms with Crippen molar-refractivity contribution in [1.82, 2.24) is 15.1 Å². The Hall–Kier alpha value is -2.66. The zero-order valence-electron chi connectivity index (χ0n) is 33.6. The fourth-order valence-corrected chi connectivity index (χ4v) is 8.01. The number of amides is 2. The van der Waals surface area contributed by atoms with Crippen molar-refractivity contribution in [2.75, 3.05) is 34.9 Å². The number of carbonyl (C=O) groups excluding carboxylic acids is 4. The largest absolute Gasteiger partial charge is 0.388 e. The predicted molar refractivity (Wildman–Crippen MR) is 202 cm³/mol. The van der Waals surface area contributed by atoms with Crippen LogP contribution in [0.5, 0.6) is 0 Å². The number of likely N-dealkylation sites (tertiary alicyclic amines) is 1. The average molecular weight is 716 g/mol. The van der Waals surface area contributed by atoms with E-state index in [0.29, 0.717) is 13.0 Å². The van der Waals surface area contributed by atoms with E-state index in [2.05, 4.69) is 19.2 Å². The fourth-order valence-electron chi connectivity index (χ4n) is 8.01. The number of hydrogen-bond acceptors (Lipinski definition) is 8. The van der Waals surface area contributed by atoms with Gasteiger partial charge in [-0.15, -0.1) is 0 Å². The van der Waals surface area contributed by atoms with E-state index >= 15 is 0 Å². The highest BCUT2D eigenvalue weighted by Gasteiger charge is 2.43. The number of nitrogens with zero attached hydrogens (tertiary/aromatic N) is 2. The standard InChI is InChI=1S/C41H69N3O7/c1-13-27(6)38(43(10)41(49)31(25(2)3)23-34(46)37(42-9)26(4)5)35(50-11)24-36(47)44-21-17-20-32(44)40(51-12)29(8)33(45)22-28(7)39(48)30-18-15-14-16-19-30/h14-16,18-19,25-29,31-32,35,37-40,42,48H,13,17,20-24H2,1-12H3/t27-,28+,29-,31-,32-,35+,37-,38-,39-,40+/m0/s1. The number of aliphatic hydroxyl groups is 1. The van der Waals surface area contributed by atoms with E-state index in [1.165, 1.54) is 0 Å². The van der Waals surface area contributed by atoms with Crippen molar-refractivity contribution < 1.29 is 33.8 Å². The molecule has 0 radical (unpaired) electrons. The topological polar surface area (TPSA) is 125 Å². The molecule has 1 aromatic carbocycles. The van der Waals surface area contributed by atoms with Gasteiger partial charge in [-0.1, -0.05) is 92.1 Å². The van der Waals surface area contributed by atoms with Crippen molar-refractivity contribution in [1.29, 1.82) is 0 Å². The molecule has 0 unspecified atom stereocenters. The van der Waals surface area contributed by atoms with Gasteiger partial charge in [0.15, 0.2) is 5.78 Å². The lowest BCUT2D eigenvalue weighted by Crippen LogP contribution is -2.54. The Bertz CT molecular complexity index is 1240. The van der Waals surface area contributed by atoms with Gasteiger partial charge in [-0.25, -0.2) is 0 Å². The van der Waals surface area contributed by atoms with Crippen molar-refractivity contribution in [2.45, 2.75) is 130 Å². The molecule has 1 fully saturated rings. The second-order valence-electron chi connectivity index (χ2n) is 15.6. The van der Waals surface area contributed by atoms with Crippen molar-refractivity contribution in [3.8, 4) is 0 Å². The maximum absolute atomic E-state index is 14.2. The molecule has 1 saturated heterocycles. The molecular weight excluding hydrogens is 646 g/mol. The third-order valence-electron chi connectivity index (χ3n) is 11.4. The van der Waals surface area contributed by atoms with Gasteiger partial charge in [0.2, 0.25) is 11.8 Å². The van der Waals surface area contributed by atoms with Gasteiger partial charge in [0.05, 0.1) is 42.9 Å². The minimum Gasteiger partial charge on any atom is -0.388 e. The first kappa shape index (κ1) is 44.5. The van der Waals surface area contributed by atoms with Crippen LogP contribution in [-0.2, 0) is 28.7 Å². The van der Waals surface area contributed by atoms with Crippen LogP contribution in [0.25, 0.3) is 0 Å². The Morgan fingerprint density at radius 2 is 1.53 bits per heavy atom. The van der Waals surface area contributed by atoms with E-state index in [4.69, 9.17) is 9.47 Å². The summed E-state index contributed by atoms with van der Waals surface area (Å²) < 4.78 is 12.0. The zero-order chi connectivity index (χ0) is 38.6. The van der Waals surface area contributed by atoms with Crippen LogP contribution < -0.4 is 5.32 Å². The Morgan fingerprint density at radius 3 is 2.04 bits per heavy atom. The summed E-state index contributed by atoms with van der Waals surface area (Å²) in [5.41, 5.74) is 0.777. The highest BCUT2D eigenvalue weighted by molar-refractivity contribution is 5.90. The summed E-state index contributed by atoms with van der Waals surface area (Å²) in [6.45, 7) is 16.3. The lowest BCUT2D eigenvalue weighted by molar-refractivity contribution is -0.149.